The summed E-state index contributed by atoms with van der Waals surface area (Å²) >= 11 is 0. The Labute approximate surface area is 220 Å². The number of hydrogen-bond acceptors (Lipinski definition) is 8. The van der Waals surface area contributed by atoms with Crippen LogP contribution >= 0.6 is 0 Å². The van der Waals surface area contributed by atoms with E-state index in [4.69, 9.17) is 0 Å². The topological polar surface area (TPSA) is 163 Å². The number of fused-ring (bicyclic) bond motifs is 2. The van der Waals surface area contributed by atoms with Crippen molar-refractivity contribution >= 4 is 48.5 Å². The molecular weight excluding hydrogens is 532 g/mol. The van der Waals surface area contributed by atoms with Gasteiger partial charge in [0, 0.05) is 25.8 Å². The van der Waals surface area contributed by atoms with Crippen molar-refractivity contribution < 1.29 is 21.9 Å². The van der Waals surface area contributed by atoms with Crippen molar-refractivity contribution in [2.75, 3.05) is 23.1 Å². The summed E-state index contributed by atoms with van der Waals surface area (Å²) < 4.78 is 60.6. The number of pyridine rings is 2. The Morgan fingerprint density at radius 2 is 1.92 bits per heavy atom. The van der Waals surface area contributed by atoms with E-state index in [-0.39, 0.29) is 44.6 Å². The molecule has 0 bridgehead atoms. The third-order valence-corrected chi connectivity index (χ3v) is 9.39. The molecule has 1 fully saturated rings. The zero-order chi connectivity index (χ0) is 27.2. The van der Waals surface area contributed by atoms with Gasteiger partial charge in [-0.25, -0.2) is 4.98 Å². The van der Waals surface area contributed by atoms with Crippen LogP contribution in [-0.2, 0) is 26.8 Å². The van der Waals surface area contributed by atoms with Crippen molar-refractivity contribution in [3.8, 4) is 5.75 Å². The molecule has 2 aliphatic rings. The van der Waals surface area contributed by atoms with Crippen molar-refractivity contribution in [2.24, 2.45) is 10.3 Å². The van der Waals surface area contributed by atoms with Crippen LogP contribution in [0.5, 0.6) is 5.75 Å². The lowest BCUT2D eigenvalue weighted by molar-refractivity contribution is 0.473. The van der Waals surface area contributed by atoms with Crippen LogP contribution in [0.25, 0.3) is 11.0 Å². The second kappa shape index (κ2) is 9.67. The fourth-order valence-electron chi connectivity index (χ4n) is 4.54. The fraction of sp³-hybridized carbons (Fsp3) is 0.375. The van der Waals surface area contributed by atoms with E-state index < -0.39 is 31.5 Å². The molecule has 0 spiro atoms. The molecule has 4 heterocycles. The molecule has 12 nitrogen and oxygen atoms in total. The van der Waals surface area contributed by atoms with Crippen molar-refractivity contribution in [3.63, 3.8) is 0 Å². The maximum atomic E-state index is 13.5. The highest BCUT2D eigenvalue weighted by Gasteiger charge is 2.31. The Morgan fingerprint density at radius 1 is 1.18 bits per heavy atom. The fourth-order valence-corrected chi connectivity index (χ4v) is 6.99. The summed E-state index contributed by atoms with van der Waals surface area (Å²) in [6, 6.07) is 7.19. The molecule has 38 heavy (non-hydrogen) atoms. The Morgan fingerprint density at radius 3 is 2.63 bits per heavy atom. The summed E-state index contributed by atoms with van der Waals surface area (Å²) in [6.45, 7) is 5.13. The van der Waals surface area contributed by atoms with E-state index in [1.54, 1.807) is 12.1 Å². The minimum atomic E-state index is -4.36. The Hall–Kier alpha value is -3.49. The van der Waals surface area contributed by atoms with Gasteiger partial charge in [0.2, 0.25) is 0 Å². The SMILES string of the molecule is CC(C)CCn1c(=O)c(C2=NS(=O)(=O)c3cc(NS(=O)(=O)N4CCCC4)ccc3N2)c(O)c2cccnc21. The molecule has 0 amide bonds. The molecule has 0 unspecified atom stereocenters. The van der Waals surface area contributed by atoms with E-state index in [0.717, 1.165) is 12.8 Å². The van der Waals surface area contributed by atoms with Gasteiger partial charge in [0.25, 0.3) is 15.6 Å². The van der Waals surface area contributed by atoms with Crippen LogP contribution in [0.4, 0.5) is 11.4 Å². The molecular formula is C24H28N6O6S2. The number of amidine groups is 1. The quantitative estimate of drug-likeness (QED) is 0.397. The number of hydrogen-bond donors (Lipinski definition) is 3. The lowest BCUT2D eigenvalue weighted by atomic mass is 10.1. The van der Waals surface area contributed by atoms with Gasteiger partial charge in [0.15, 0.2) is 5.84 Å². The van der Waals surface area contributed by atoms with Crippen LogP contribution in [0.1, 0.15) is 38.7 Å². The Bertz CT molecular complexity index is 1730. The van der Waals surface area contributed by atoms with Crippen LogP contribution < -0.4 is 15.6 Å². The van der Waals surface area contributed by atoms with E-state index in [0.29, 0.717) is 26.1 Å². The average molecular weight is 561 g/mol. The number of nitrogens with one attached hydrogen (secondary N) is 2. The molecule has 2 aliphatic heterocycles. The van der Waals surface area contributed by atoms with Crippen LogP contribution in [0.2, 0.25) is 0 Å². The van der Waals surface area contributed by atoms with Crippen molar-refractivity contribution in [1.29, 1.82) is 0 Å². The predicted octanol–water partition coefficient (Wildman–Crippen LogP) is 2.46. The maximum Gasteiger partial charge on any atom is 0.301 e. The average Bonchev–Trinajstić information content (AvgIpc) is 3.40. The first kappa shape index (κ1) is 26.1. The monoisotopic (exact) mass is 560 g/mol. The van der Waals surface area contributed by atoms with Gasteiger partial charge >= 0.3 is 10.2 Å². The first-order chi connectivity index (χ1) is 18.0. The number of aryl methyl sites for hydroxylation is 1. The molecule has 1 saturated heterocycles. The van der Waals surface area contributed by atoms with E-state index in [1.807, 2.05) is 13.8 Å². The van der Waals surface area contributed by atoms with E-state index in [1.165, 1.54) is 33.3 Å². The smallest absolute Gasteiger partial charge is 0.301 e. The van der Waals surface area contributed by atoms with E-state index >= 15 is 0 Å². The molecule has 202 valence electrons. The number of anilines is 2. The number of aromatic nitrogens is 2. The van der Waals surface area contributed by atoms with E-state index in [2.05, 4.69) is 19.4 Å². The molecule has 2 aromatic heterocycles. The van der Waals surface area contributed by atoms with Gasteiger partial charge in [-0.1, -0.05) is 13.8 Å². The molecule has 3 N–H and O–H groups in total. The van der Waals surface area contributed by atoms with Gasteiger partial charge < -0.3 is 10.4 Å². The summed E-state index contributed by atoms with van der Waals surface area (Å²) in [7, 11) is -8.19. The normalized spacial score (nSPS) is 17.3. The van der Waals surface area contributed by atoms with Crippen LogP contribution in [0, 0.1) is 5.92 Å². The Kier molecular flexibility index (Phi) is 6.65. The zero-order valence-corrected chi connectivity index (χ0v) is 22.5. The molecule has 1 aromatic carbocycles. The number of benzene rings is 1. The molecule has 0 radical (unpaired) electrons. The highest BCUT2D eigenvalue weighted by atomic mass is 32.2. The summed E-state index contributed by atoms with van der Waals surface area (Å²) in [6.07, 6.45) is 3.70. The second-order valence-electron chi connectivity index (χ2n) is 9.70. The van der Waals surface area contributed by atoms with Gasteiger partial charge in [0.1, 0.15) is 21.9 Å². The van der Waals surface area contributed by atoms with Gasteiger partial charge in [-0.05, 0) is 55.5 Å². The highest BCUT2D eigenvalue weighted by Crippen LogP contribution is 2.34. The van der Waals surface area contributed by atoms with Gasteiger partial charge in [0.05, 0.1) is 16.8 Å². The molecule has 5 rings (SSSR count). The minimum absolute atomic E-state index is 0.0651. The summed E-state index contributed by atoms with van der Waals surface area (Å²) in [5.74, 6) is -0.472. The lowest BCUT2D eigenvalue weighted by Gasteiger charge is -2.22. The van der Waals surface area contributed by atoms with E-state index in [9.17, 15) is 26.7 Å². The molecule has 0 aliphatic carbocycles. The van der Waals surface area contributed by atoms with Gasteiger partial charge in [-0.15, -0.1) is 4.40 Å². The van der Waals surface area contributed by atoms with Crippen molar-refractivity contribution in [2.45, 2.75) is 44.6 Å². The predicted molar refractivity (Wildman–Crippen MR) is 144 cm³/mol. The summed E-state index contributed by atoms with van der Waals surface area (Å²) in [4.78, 5) is 17.5. The molecule has 0 atom stereocenters. The number of nitrogens with zero attached hydrogens (tertiary/aromatic N) is 4. The second-order valence-corrected chi connectivity index (χ2v) is 12.9. The minimum Gasteiger partial charge on any atom is -0.506 e. The molecule has 3 aromatic rings. The molecule has 0 saturated carbocycles. The Balaban J connectivity index is 1.57. The molecule has 14 heteroatoms. The number of aromatic hydroxyl groups is 1. The zero-order valence-electron chi connectivity index (χ0n) is 20.9. The largest absolute Gasteiger partial charge is 0.506 e. The third-order valence-electron chi connectivity index (χ3n) is 6.54. The van der Waals surface area contributed by atoms with Gasteiger partial charge in [-0.2, -0.15) is 21.1 Å². The number of sulfonamides is 1. The highest BCUT2D eigenvalue weighted by molar-refractivity contribution is 7.91. The van der Waals surface area contributed by atoms with Gasteiger partial charge in [-0.3, -0.25) is 14.1 Å². The maximum absolute atomic E-state index is 13.5. The summed E-state index contributed by atoms with van der Waals surface area (Å²) in [5, 5.41) is 14.2. The number of rotatable bonds is 7. The van der Waals surface area contributed by atoms with Crippen LogP contribution in [0.15, 0.2) is 50.6 Å². The van der Waals surface area contributed by atoms with Crippen LogP contribution in [0.3, 0.4) is 0 Å². The van der Waals surface area contributed by atoms with Crippen molar-refractivity contribution in [3.05, 3.63) is 52.4 Å². The van der Waals surface area contributed by atoms with Crippen LogP contribution in [-0.4, -0.2) is 54.7 Å². The standard InChI is InChI=1S/C24H28N6O6S2/c1-15(2)9-13-30-23-17(6-5-10-25-23)21(31)20(24(30)32)22-26-18-8-7-16(14-19(18)37(33,34)28-22)27-38(35,36)29-11-3-4-12-29/h5-8,10,14-15,27,31H,3-4,9,11-13H2,1-2H3,(H,26,28). The summed E-state index contributed by atoms with van der Waals surface area (Å²) in [5.41, 5.74) is -0.473. The first-order valence-corrected chi connectivity index (χ1v) is 15.1. The third kappa shape index (κ3) is 4.74. The first-order valence-electron chi connectivity index (χ1n) is 12.2. The van der Waals surface area contributed by atoms with Crippen molar-refractivity contribution in [1.82, 2.24) is 13.9 Å². The lowest BCUT2D eigenvalue weighted by Crippen LogP contribution is -2.34.